The van der Waals surface area contributed by atoms with E-state index in [0.717, 1.165) is 19.6 Å². The van der Waals surface area contributed by atoms with Crippen molar-refractivity contribution in [3.8, 4) is 0 Å². The first-order valence-electron chi connectivity index (χ1n) is 6.35. The third kappa shape index (κ3) is 4.48. The summed E-state index contributed by atoms with van der Waals surface area (Å²) < 4.78 is 0. The van der Waals surface area contributed by atoms with Gasteiger partial charge in [-0.05, 0) is 46.4 Å². The zero-order valence-electron chi connectivity index (χ0n) is 11.1. The predicted octanol–water partition coefficient (Wildman–Crippen LogP) is 1.43. The predicted molar refractivity (Wildman–Crippen MR) is 69.2 cm³/mol. The van der Waals surface area contributed by atoms with Gasteiger partial charge in [0.05, 0.1) is 0 Å². The van der Waals surface area contributed by atoms with Gasteiger partial charge in [0.1, 0.15) is 0 Å². The average Bonchev–Trinajstić information content (AvgIpc) is 2.30. The van der Waals surface area contributed by atoms with Gasteiger partial charge >= 0.3 is 5.97 Å². The van der Waals surface area contributed by atoms with Crippen molar-refractivity contribution in [1.82, 2.24) is 9.80 Å². The molecule has 1 aliphatic heterocycles. The van der Waals surface area contributed by atoms with Crippen LogP contribution in [0, 0.1) is 0 Å². The monoisotopic (exact) mass is 240 g/mol. The minimum atomic E-state index is -0.788. The molecule has 0 aromatic rings. The second-order valence-corrected chi connectivity index (χ2v) is 4.86. The lowest BCUT2D eigenvalue weighted by Crippen LogP contribution is -2.42. The fourth-order valence-electron chi connectivity index (χ4n) is 2.22. The molecule has 4 heteroatoms. The number of hydrogen-bond acceptors (Lipinski definition) is 3. The van der Waals surface area contributed by atoms with Crippen molar-refractivity contribution in [3.63, 3.8) is 0 Å². The Morgan fingerprint density at radius 1 is 1.47 bits per heavy atom. The van der Waals surface area contributed by atoms with Gasteiger partial charge in [0.15, 0.2) is 0 Å². The number of rotatable bonds is 5. The Kier molecular flexibility index (Phi) is 5.65. The minimum Gasteiger partial charge on any atom is -0.478 e. The molecule has 0 saturated carbocycles. The molecule has 0 radical (unpaired) electrons. The minimum absolute atomic E-state index is 0.518. The van der Waals surface area contributed by atoms with Crippen molar-refractivity contribution in [2.24, 2.45) is 0 Å². The molecular weight excluding hydrogens is 216 g/mol. The van der Waals surface area contributed by atoms with Crippen molar-refractivity contribution in [2.75, 3.05) is 33.7 Å². The van der Waals surface area contributed by atoms with Gasteiger partial charge in [-0.15, -0.1) is 0 Å². The molecule has 1 heterocycles. The lowest BCUT2D eigenvalue weighted by atomic mass is 10.0. The summed E-state index contributed by atoms with van der Waals surface area (Å²) in [4.78, 5) is 15.5. The molecule has 0 aromatic heterocycles. The van der Waals surface area contributed by atoms with Crippen LogP contribution in [0.1, 0.15) is 26.2 Å². The van der Waals surface area contributed by atoms with Gasteiger partial charge in [0.25, 0.3) is 0 Å². The molecule has 4 nitrogen and oxygen atoms in total. The standard InChI is InChI=1S/C13H24N2O2/c1-4-11(13(16)17)5-10-15(3)12-6-8-14(2)9-7-12/h5,12H,4,6-10H2,1-3H3,(H,16,17). The summed E-state index contributed by atoms with van der Waals surface area (Å²) in [5.74, 6) is -0.788. The van der Waals surface area contributed by atoms with Crippen LogP contribution >= 0.6 is 0 Å². The van der Waals surface area contributed by atoms with Crippen molar-refractivity contribution >= 4 is 5.97 Å². The van der Waals surface area contributed by atoms with E-state index < -0.39 is 5.97 Å². The number of carbonyl (C=O) groups is 1. The highest BCUT2D eigenvalue weighted by Crippen LogP contribution is 2.14. The average molecular weight is 240 g/mol. The Morgan fingerprint density at radius 2 is 2.06 bits per heavy atom. The van der Waals surface area contributed by atoms with Crippen LogP contribution in [-0.2, 0) is 4.79 Å². The summed E-state index contributed by atoms with van der Waals surface area (Å²) in [6.07, 6.45) is 4.79. The summed E-state index contributed by atoms with van der Waals surface area (Å²) in [6.45, 7) is 4.90. The van der Waals surface area contributed by atoms with Crippen LogP contribution in [0.2, 0.25) is 0 Å². The van der Waals surface area contributed by atoms with Gasteiger partial charge in [-0.2, -0.15) is 0 Å². The first-order chi connectivity index (χ1) is 8.04. The zero-order chi connectivity index (χ0) is 12.8. The van der Waals surface area contributed by atoms with E-state index in [0.29, 0.717) is 18.0 Å². The highest BCUT2D eigenvalue weighted by molar-refractivity contribution is 5.86. The van der Waals surface area contributed by atoms with E-state index in [9.17, 15) is 4.79 Å². The van der Waals surface area contributed by atoms with Crippen LogP contribution in [-0.4, -0.2) is 60.6 Å². The SMILES string of the molecule is CCC(=CCN(C)C1CCN(C)CC1)C(=O)O. The quantitative estimate of drug-likeness (QED) is 0.738. The number of carboxylic acids is 1. The van der Waals surface area contributed by atoms with Crippen LogP contribution < -0.4 is 0 Å². The van der Waals surface area contributed by atoms with Crippen LogP contribution in [0.15, 0.2) is 11.6 Å². The maximum Gasteiger partial charge on any atom is 0.331 e. The molecule has 0 spiro atoms. The van der Waals surface area contributed by atoms with Gasteiger partial charge in [-0.25, -0.2) is 4.79 Å². The molecule has 0 bridgehead atoms. The number of piperidine rings is 1. The van der Waals surface area contributed by atoms with Crippen molar-refractivity contribution in [1.29, 1.82) is 0 Å². The highest BCUT2D eigenvalue weighted by atomic mass is 16.4. The Balaban J connectivity index is 2.43. The fourth-order valence-corrected chi connectivity index (χ4v) is 2.22. The van der Waals surface area contributed by atoms with Gasteiger partial charge in [0, 0.05) is 18.2 Å². The van der Waals surface area contributed by atoms with E-state index in [-0.39, 0.29) is 0 Å². The molecule has 1 N–H and O–H groups in total. The Labute approximate surface area is 104 Å². The maximum absolute atomic E-state index is 10.9. The van der Waals surface area contributed by atoms with Gasteiger partial charge < -0.3 is 10.0 Å². The fraction of sp³-hybridized carbons (Fsp3) is 0.769. The van der Waals surface area contributed by atoms with E-state index in [1.54, 1.807) is 0 Å². The zero-order valence-corrected chi connectivity index (χ0v) is 11.1. The topological polar surface area (TPSA) is 43.8 Å². The molecule has 0 aromatic carbocycles. The summed E-state index contributed by atoms with van der Waals surface area (Å²) in [5.41, 5.74) is 0.518. The highest BCUT2D eigenvalue weighted by Gasteiger charge is 2.19. The first-order valence-corrected chi connectivity index (χ1v) is 6.35. The Bertz CT molecular complexity index is 281. The van der Waals surface area contributed by atoms with Crippen molar-refractivity contribution in [3.05, 3.63) is 11.6 Å². The number of carboxylic acid groups (broad SMARTS) is 1. The second kappa shape index (κ2) is 6.77. The van der Waals surface area contributed by atoms with Gasteiger partial charge in [-0.3, -0.25) is 4.90 Å². The first kappa shape index (κ1) is 14.2. The van der Waals surface area contributed by atoms with Crippen molar-refractivity contribution < 1.29 is 9.90 Å². The molecule has 1 aliphatic rings. The van der Waals surface area contributed by atoms with Gasteiger partial charge in [0.2, 0.25) is 0 Å². The third-order valence-corrected chi connectivity index (χ3v) is 3.59. The molecule has 0 aliphatic carbocycles. The van der Waals surface area contributed by atoms with E-state index in [2.05, 4.69) is 23.9 Å². The molecule has 17 heavy (non-hydrogen) atoms. The summed E-state index contributed by atoms with van der Waals surface area (Å²) >= 11 is 0. The van der Waals surface area contributed by atoms with E-state index >= 15 is 0 Å². The van der Waals surface area contributed by atoms with Crippen LogP contribution in [0.4, 0.5) is 0 Å². The van der Waals surface area contributed by atoms with E-state index in [1.807, 2.05) is 13.0 Å². The summed E-state index contributed by atoms with van der Waals surface area (Å²) in [7, 11) is 4.23. The van der Waals surface area contributed by atoms with E-state index in [4.69, 9.17) is 5.11 Å². The smallest absolute Gasteiger partial charge is 0.331 e. The Morgan fingerprint density at radius 3 is 2.53 bits per heavy atom. The number of aliphatic carboxylic acids is 1. The number of likely N-dealkylation sites (tertiary alicyclic amines) is 1. The van der Waals surface area contributed by atoms with Crippen LogP contribution in [0.25, 0.3) is 0 Å². The largest absolute Gasteiger partial charge is 0.478 e. The molecule has 1 fully saturated rings. The van der Waals surface area contributed by atoms with Gasteiger partial charge in [-0.1, -0.05) is 13.0 Å². The molecule has 1 rings (SSSR count). The third-order valence-electron chi connectivity index (χ3n) is 3.59. The van der Waals surface area contributed by atoms with Crippen molar-refractivity contribution in [2.45, 2.75) is 32.2 Å². The van der Waals surface area contributed by atoms with E-state index in [1.165, 1.54) is 12.8 Å². The lowest BCUT2D eigenvalue weighted by molar-refractivity contribution is -0.132. The molecule has 98 valence electrons. The second-order valence-electron chi connectivity index (χ2n) is 4.86. The number of nitrogens with zero attached hydrogens (tertiary/aromatic N) is 2. The van der Waals surface area contributed by atoms with Crippen LogP contribution in [0.5, 0.6) is 0 Å². The lowest BCUT2D eigenvalue weighted by Gasteiger charge is -2.34. The molecular formula is C13H24N2O2. The Hall–Kier alpha value is -0.870. The summed E-state index contributed by atoms with van der Waals surface area (Å²) in [6, 6.07) is 0.592. The maximum atomic E-state index is 10.9. The molecule has 0 atom stereocenters. The molecule has 0 unspecified atom stereocenters. The van der Waals surface area contributed by atoms with Crippen LogP contribution in [0.3, 0.4) is 0 Å². The molecule has 0 amide bonds. The summed E-state index contributed by atoms with van der Waals surface area (Å²) in [5, 5.41) is 8.94. The number of likely N-dealkylation sites (N-methyl/N-ethyl adjacent to an activating group) is 1. The number of hydrogen-bond donors (Lipinski definition) is 1. The molecule has 1 saturated heterocycles. The normalized spacial score (nSPS) is 19.9.